The molecule has 6 nitrogen and oxygen atoms in total. The zero-order valence-electron chi connectivity index (χ0n) is 14.1. The highest BCUT2D eigenvalue weighted by molar-refractivity contribution is 5.98. The molecule has 0 bridgehead atoms. The molecule has 0 spiro atoms. The largest absolute Gasteiger partial charge is 0.490 e. The maximum absolute atomic E-state index is 12.0. The molecule has 1 atom stereocenters. The fraction of sp³-hybridized carbons (Fsp3) is 0.333. The molecule has 0 aromatic heterocycles. The number of hydrogen-bond acceptors (Lipinski definition) is 4. The number of Topliss-reactive ketones (excluding diaryl/α,β-unsaturated/α-hetero) is 1. The molecule has 1 heterocycles. The van der Waals surface area contributed by atoms with Gasteiger partial charge in [0.1, 0.15) is 6.61 Å². The number of hydrogen-bond donors (Lipinski definition) is 2. The van der Waals surface area contributed by atoms with Gasteiger partial charge in [-0.3, -0.25) is 4.79 Å². The zero-order chi connectivity index (χ0) is 17.7. The van der Waals surface area contributed by atoms with Crippen LogP contribution in [-0.2, 0) is 4.79 Å². The Morgan fingerprint density at radius 3 is 2.71 bits per heavy atom. The quantitative estimate of drug-likeness (QED) is 0.754. The van der Waals surface area contributed by atoms with Crippen LogP contribution in [-0.4, -0.2) is 25.0 Å². The van der Waals surface area contributed by atoms with Gasteiger partial charge < -0.3 is 20.1 Å². The first-order valence-corrected chi connectivity index (χ1v) is 7.77. The van der Waals surface area contributed by atoms with Crippen LogP contribution in [0.15, 0.2) is 42.1 Å². The molecule has 1 aromatic carbocycles. The van der Waals surface area contributed by atoms with E-state index in [1.54, 1.807) is 25.1 Å². The third-order valence-electron chi connectivity index (χ3n) is 3.61. The summed E-state index contributed by atoms with van der Waals surface area (Å²) < 4.78 is 11.2. The second-order valence-corrected chi connectivity index (χ2v) is 5.37. The summed E-state index contributed by atoms with van der Waals surface area (Å²) in [4.78, 5) is 23.8. The van der Waals surface area contributed by atoms with Crippen LogP contribution in [0.4, 0.5) is 4.79 Å². The highest BCUT2D eigenvalue weighted by Crippen LogP contribution is 2.34. The number of rotatable bonds is 7. The SMILES string of the molecule is C=CCOc1ccc(C2NC(=O)NC(C)=C2C(C)=O)cc1OCC. The lowest BCUT2D eigenvalue weighted by Gasteiger charge is -2.28. The number of benzene rings is 1. The highest BCUT2D eigenvalue weighted by Gasteiger charge is 2.29. The molecule has 128 valence electrons. The first-order valence-electron chi connectivity index (χ1n) is 7.77. The molecule has 1 aliphatic rings. The average Bonchev–Trinajstić information content (AvgIpc) is 2.52. The summed E-state index contributed by atoms with van der Waals surface area (Å²) in [5.41, 5.74) is 1.84. The van der Waals surface area contributed by atoms with E-state index in [1.165, 1.54) is 6.92 Å². The minimum Gasteiger partial charge on any atom is -0.490 e. The first-order chi connectivity index (χ1) is 11.5. The van der Waals surface area contributed by atoms with Crippen molar-refractivity contribution in [3.63, 3.8) is 0 Å². The van der Waals surface area contributed by atoms with Crippen LogP contribution in [0.5, 0.6) is 11.5 Å². The van der Waals surface area contributed by atoms with Gasteiger partial charge in [0.2, 0.25) is 0 Å². The zero-order valence-corrected chi connectivity index (χ0v) is 14.1. The van der Waals surface area contributed by atoms with Crippen molar-refractivity contribution in [3.8, 4) is 11.5 Å². The van der Waals surface area contributed by atoms with Crippen molar-refractivity contribution in [1.29, 1.82) is 0 Å². The van der Waals surface area contributed by atoms with Gasteiger partial charge in [0.15, 0.2) is 17.3 Å². The lowest BCUT2D eigenvalue weighted by molar-refractivity contribution is -0.114. The number of amides is 2. The van der Waals surface area contributed by atoms with Gasteiger partial charge in [0, 0.05) is 11.3 Å². The van der Waals surface area contributed by atoms with Crippen LogP contribution in [0.1, 0.15) is 32.4 Å². The summed E-state index contributed by atoms with van der Waals surface area (Å²) in [6.07, 6.45) is 1.65. The van der Waals surface area contributed by atoms with Crippen LogP contribution < -0.4 is 20.1 Å². The van der Waals surface area contributed by atoms with E-state index in [2.05, 4.69) is 17.2 Å². The number of ketones is 1. The summed E-state index contributed by atoms with van der Waals surface area (Å²) in [5.74, 6) is 1.05. The lowest BCUT2D eigenvalue weighted by atomic mass is 9.93. The number of carbonyl (C=O) groups is 2. The van der Waals surface area contributed by atoms with E-state index in [1.807, 2.05) is 13.0 Å². The molecule has 2 N–H and O–H groups in total. The molecule has 0 fully saturated rings. The highest BCUT2D eigenvalue weighted by atomic mass is 16.5. The Kier molecular flexibility index (Phi) is 5.63. The Morgan fingerprint density at radius 2 is 2.08 bits per heavy atom. The van der Waals surface area contributed by atoms with E-state index < -0.39 is 6.04 Å². The van der Waals surface area contributed by atoms with Crippen LogP contribution in [0, 0.1) is 0 Å². The van der Waals surface area contributed by atoms with Crippen LogP contribution >= 0.6 is 0 Å². The van der Waals surface area contributed by atoms with Crippen LogP contribution in [0.2, 0.25) is 0 Å². The molecule has 1 unspecified atom stereocenters. The molecule has 0 saturated heterocycles. The van der Waals surface area contributed by atoms with Gasteiger partial charge in [-0.25, -0.2) is 4.79 Å². The molecule has 2 amide bonds. The van der Waals surface area contributed by atoms with Crippen molar-refractivity contribution < 1.29 is 19.1 Å². The van der Waals surface area contributed by atoms with Gasteiger partial charge in [0.05, 0.1) is 12.6 Å². The van der Waals surface area contributed by atoms with E-state index in [9.17, 15) is 9.59 Å². The molecule has 2 rings (SSSR count). The second kappa shape index (κ2) is 7.68. The van der Waals surface area contributed by atoms with Gasteiger partial charge in [-0.05, 0) is 38.5 Å². The van der Waals surface area contributed by atoms with Crippen molar-refractivity contribution in [2.75, 3.05) is 13.2 Å². The van der Waals surface area contributed by atoms with Gasteiger partial charge in [-0.1, -0.05) is 18.7 Å². The molecule has 0 radical (unpaired) electrons. The molecule has 0 aliphatic carbocycles. The Morgan fingerprint density at radius 1 is 1.33 bits per heavy atom. The predicted octanol–water partition coefficient (Wildman–Crippen LogP) is 2.87. The van der Waals surface area contributed by atoms with Crippen molar-refractivity contribution in [3.05, 3.63) is 47.7 Å². The second-order valence-electron chi connectivity index (χ2n) is 5.37. The van der Waals surface area contributed by atoms with Gasteiger partial charge >= 0.3 is 6.03 Å². The van der Waals surface area contributed by atoms with E-state index in [4.69, 9.17) is 9.47 Å². The third kappa shape index (κ3) is 3.76. The summed E-state index contributed by atoms with van der Waals surface area (Å²) in [6.45, 7) is 9.53. The predicted molar refractivity (Wildman–Crippen MR) is 91.1 cm³/mol. The molecular weight excluding hydrogens is 308 g/mol. The van der Waals surface area contributed by atoms with E-state index >= 15 is 0 Å². The molecule has 1 aliphatic heterocycles. The number of ether oxygens (including phenoxy) is 2. The number of urea groups is 1. The van der Waals surface area contributed by atoms with Gasteiger partial charge in [0.25, 0.3) is 0 Å². The minimum absolute atomic E-state index is 0.102. The van der Waals surface area contributed by atoms with Crippen molar-refractivity contribution in [2.45, 2.75) is 26.8 Å². The van der Waals surface area contributed by atoms with Crippen molar-refractivity contribution in [1.82, 2.24) is 10.6 Å². The Labute approximate surface area is 141 Å². The van der Waals surface area contributed by atoms with Crippen LogP contribution in [0.25, 0.3) is 0 Å². The number of allylic oxidation sites excluding steroid dienone is 1. The number of nitrogens with one attached hydrogen (secondary N) is 2. The van der Waals surface area contributed by atoms with Crippen LogP contribution in [0.3, 0.4) is 0 Å². The molecule has 6 heteroatoms. The van der Waals surface area contributed by atoms with E-state index in [-0.39, 0.29) is 11.8 Å². The van der Waals surface area contributed by atoms with Gasteiger partial charge in [-0.2, -0.15) is 0 Å². The standard InChI is InChI=1S/C18H22N2O4/c1-5-9-24-14-8-7-13(10-15(14)23-6-2)17-16(12(4)21)11(3)19-18(22)20-17/h5,7-8,10,17H,1,6,9H2,2-4H3,(H2,19,20,22). The summed E-state index contributed by atoms with van der Waals surface area (Å²) in [5, 5.41) is 5.42. The summed E-state index contributed by atoms with van der Waals surface area (Å²) in [7, 11) is 0. The number of carbonyl (C=O) groups excluding carboxylic acids is 2. The fourth-order valence-corrected chi connectivity index (χ4v) is 2.65. The molecule has 1 aromatic rings. The van der Waals surface area contributed by atoms with E-state index in [0.29, 0.717) is 36.0 Å². The smallest absolute Gasteiger partial charge is 0.319 e. The third-order valence-corrected chi connectivity index (χ3v) is 3.61. The first kappa shape index (κ1) is 17.6. The van der Waals surface area contributed by atoms with Crippen molar-refractivity contribution >= 4 is 11.8 Å². The Balaban J connectivity index is 2.44. The average molecular weight is 330 g/mol. The molecule has 0 saturated carbocycles. The normalized spacial score (nSPS) is 17.0. The fourth-order valence-electron chi connectivity index (χ4n) is 2.65. The molecular formula is C18H22N2O4. The summed E-state index contributed by atoms with van der Waals surface area (Å²) >= 11 is 0. The topological polar surface area (TPSA) is 76.7 Å². The minimum atomic E-state index is -0.524. The Bertz CT molecular complexity index is 694. The van der Waals surface area contributed by atoms with E-state index in [0.717, 1.165) is 5.56 Å². The molecule has 24 heavy (non-hydrogen) atoms. The lowest BCUT2D eigenvalue weighted by Crippen LogP contribution is -2.44. The Hall–Kier alpha value is -2.76. The van der Waals surface area contributed by atoms with Gasteiger partial charge in [-0.15, -0.1) is 0 Å². The monoisotopic (exact) mass is 330 g/mol. The van der Waals surface area contributed by atoms with Crippen molar-refractivity contribution in [2.24, 2.45) is 0 Å². The maximum atomic E-state index is 12.0. The summed E-state index contributed by atoms with van der Waals surface area (Å²) in [6, 6.07) is 4.50. The maximum Gasteiger partial charge on any atom is 0.319 e.